The summed E-state index contributed by atoms with van der Waals surface area (Å²) in [6, 6.07) is 6.08. The van der Waals surface area contributed by atoms with Gasteiger partial charge in [0, 0.05) is 36.8 Å². The monoisotopic (exact) mass is 570 g/mol. The number of alkyl halides is 6. The van der Waals surface area contributed by atoms with E-state index >= 15 is 0 Å². The second kappa shape index (κ2) is 10.5. The molecule has 2 aliphatic heterocycles. The summed E-state index contributed by atoms with van der Waals surface area (Å²) >= 11 is 0. The molecule has 1 aromatic heterocycles. The fraction of sp³-hybridized carbons (Fsp3) is 0.407. The lowest BCUT2D eigenvalue weighted by Gasteiger charge is -2.27. The number of aromatic amines is 1. The molecule has 0 radical (unpaired) electrons. The first-order valence-corrected chi connectivity index (χ1v) is 12.5. The molecule has 2 N–H and O–H groups in total. The maximum Gasteiger partial charge on any atom is 0.416 e. The van der Waals surface area contributed by atoms with Crippen LogP contribution in [0.5, 0.6) is 0 Å². The van der Waals surface area contributed by atoms with Gasteiger partial charge in [-0.2, -0.15) is 31.4 Å². The molecule has 214 valence electrons. The zero-order valence-electron chi connectivity index (χ0n) is 21.1. The number of nitrogens with one attached hydrogen (secondary N) is 2. The van der Waals surface area contributed by atoms with Gasteiger partial charge in [-0.15, -0.1) is 0 Å². The number of amides is 1. The molecule has 13 heteroatoms. The Bertz CT molecular complexity index is 1310. The molecular weight excluding hydrogens is 545 g/mol. The molecule has 6 nitrogen and oxygen atoms in total. The Hall–Kier alpha value is -3.45. The zero-order chi connectivity index (χ0) is 28.8. The molecule has 2 aliphatic rings. The molecular formula is C27H25F7N4O2. The quantitative estimate of drug-likeness (QED) is 0.364. The lowest BCUT2D eigenvalue weighted by atomic mass is 9.87. The van der Waals surface area contributed by atoms with Gasteiger partial charge in [0.25, 0.3) is 0 Å². The van der Waals surface area contributed by atoms with Gasteiger partial charge in [0.2, 0.25) is 5.91 Å². The summed E-state index contributed by atoms with van der Waals surface area (Å²) in [6.45, 7) is 1.84. The van der Waals surface area contributed by atoms with Crippen LogP contribution in [-0.4, -0.2) is 45.7 Å². The molecule has 2 aromatic carbocycles. The van der Waals surface area contributed by atoms with Crippen molar-refractivity contribution in [3.63, 3.8) is 0 Å². The summed E-state index contributed by atoms with van der Waals surface area (Å²) in [4.78, 5) is 14.9. The van der Waals surface area contributed by atoms with Gasteiger partial charge in [-0.05, 0) is 54.8 Å². The predicted octanol–water partition coefficient (Wildman–Crippen LogP) is 5.59. The van der Waals surface area contributed by atoms with Crippen LogP contribution in [0.3, 0.4) is 0 Å². The minimum absolute atomic E-state index is 0.0680. The Morgan fingerprint density at radius 1 is 1.07 bits per heavy atom. The zero-order valence-corrected chi connectivity index (χ0v) is 21.1. The average molecular weight is 571 g/mol. The van der Waals surface area contributed by atoms with E-state index < -0.39 is 53.5 Å². The maximum absolute atomic E-state index is 13.7. The molecule has 0 aliphatic carbocycles. The number of hydrogen-bond donors (Lipinski definition) is 2. The van der Waals surface area contributed by atoms with E-state index in [1.54, 1.807) is 29.4 Å². The summed E-state index contributed by atoms with van der Waals surface area (Å²) in [5.41, 5.74) is -1.66. The number of rotatable bonds is 7. The van der Waals surface area contributed by atoms with Crippen LogP contribution in [-0.2, 0) is 28.4 Å². The molecule has 40 heavy (non-hydrogen) atoms. The van der Waals surface area contributed by atoms with Crippen molar-refractivity contribution in [3.05, 3.63) is 88.5 Å². The molecule has 2 unspecified atom stereocenters. The van der Waals surface area contributed by atoms with E-state index in [2.05, 4.69) is 15.5 Å². The molecule has 2 fully saturated rings. The van der Waals surface area contributed by atoms with E-state index in [-0.39, 0.29) is 30.1 Å². The van der Waals surface area contributed by atoms with Gasteiger partial charge < -0.3 is 15.0 Å². The standard InChI is InChI=1S/C27H25F7N4O2/c1-14(17-6-18(26(29,30)31)8-19(7-17)27(32,33)34)40-23-13-38-22(24(23)16-2-4-20(28)5-3-16)9-21(25(38)39)35-10-15-11-36-37-12-15/h2-8,11-12,14,21-24,35H,9-10,13H2,1H3,(H,36,37)/t14-,21?,22+,23+,24?/m1/s1. The molecule has 3 heterocycles. The number of hydrogen-bond acceptors (Lipinski definition) is 4. The van der Waals surface area contributed by atoms with Crippen LogP contribution in [0.2, 0.25) is 0 Å². The highest BCUT2D eigenvalue weighted by Crippen LogP contribution is 2.44. The molecule has 5 rings (SSSR count). The van der Waals surface area contributed by atoms with Crippen LogP contribution in [0.25, 0.3) is 0 Å². The Morgan fingerprint density at radius 2 is 1.73 bits per heavy atom. The van der Waals surface area contributed by atoms with Crippen LogP contribution in [0.15, 0.2) is 54.9 Å². The van der Waals surface area contributed by atoms with E-state index in [0.29, 0.717) is 30.7 Å². The van der Waals surface area contributed by atoms with E-state index in [4.69, 9.17) is 4.74 Å². The SMILES string of the molecule is C[C@@H](O[C@H]1CN2C(=O)C(NCc3cn[nH]c3)C[C@H]2C1c1ccc(F)cc1)c1cc(C(F)(F)F)cc(C(F)(F)F)c1. The van der Waals surface area contributed by atoms with Gasteiger partial charge in [0.15, 0.2) is 0 Å². The van der Waals surface area contributed by atoms with Crippen molar-refractivity contribution in [1.82, 2.24) is 20.4 Å². The molecule has 0 bridgehead atoms. The lowest BCUT2D eigenvalue weighted by molar-refractivity contribution is -0.143. The van der Waals surface area contributed by atoms with Gasteiger partial charge >= 0.3 is 12.4 Å². The van der Waals surface area contributed by atoms with Crippen LogP contribution in [0.1, 0.15) is 53.2 Å². The molecule has 3 aromatic rings. The van der Waals surface area contributed by atoms with Crippen molar-refractivity contribution in [1.29, 1.82) is 0 Å². The number of fused-ring (bicyclic) bond motifs is 1. The fourth-order valence-corrected chi connectivity index (χ4v) is 5.54. The highest BCUT2D eigenvalue weighted by Gasteiger charge is 2.52. The van der Waals surface area contributed by atoms with E-state index in [1.165, 1.54) is 19.1 Å². The number of carbonyl (C=O) groups is 1. The third-order valence-corrected chi connectivity index (χ3v) is 7.47. The molecule has 5 atom stereocenters. The summed E-state index contributed by atoms with van der Waals surface area (Å²) in [7, 11) is 0. The Kier molecular flexibility index (Phi) is 7.38. The van der Waals surface area contributed by atoms with Crippen molar-refractivity contribution < 1.29 is 40.3 Å². The topological polar surface area (TPSA) is 70.2 Å². The fourth-order valence-electron chi connectivity index (χ4n) is 5.54. The maximum atomic E-state index is 13.7. The third-order valence-electron chi connectivity index (χ3n) is 7.47. The van der Waals surface area contributed by atoms with E-state index in [9.17, 15) is 35.5 Å². The number of halogens is 7. The predicted molar refractivity (Wildman–Crippen MR) is 128 cm³/mol. The Labute approximate surface area is 224 Å². The van der Waals surface area contributed by atoms with E-state index in [1.807, 2.05) is 0 Å². The molecule has 0 spiro atoms. The van der Waals surface area contributed by atoms with Gasteiger partial charge in [-0.3, -0.25) is 9.89 Å². The van der Waals surface area contributed by atoms with Crippen LogP contribution in [0, 0.1) is 5.82 Å². The largest absolute Gasteiger partial charge is 0.416 e. The first-order chi connectivity index (χ1) is 18.8. The number of nitrogens with zero attached hydrogens (tertiary/aromatic N) is 2. The first kappa shape index (κ1) is 28.1. The van der Waals surface area contributed by atoms with Crippen molar-refractivity contribution in [2.45, 2.75) is 62.5 Å². The van der Waals surface area contributed by atoms with Gasteiger partial charge in [-0.25, -0.2) is 4.39 Å². The van der Waals surface area contributed by atoms with Crippen molar-refractivity contribution in [3.8, 4) is 0 Å². The summed E-state index contributed by atoms with van der Waals surface area (Å²) in [5.74, 6) is -1.16. The van der Waals surface area contributed by atoms with Crippen molar-refractivity contribution >= 4 is 5.91 Å². The smallest absolute Gasteiger partial charge is 0.368 e. The second-order valence-corrected chi connectivity index (χ2v) is 10.1. The highest BCUT2D eigenvalue weighted by atomic mass is 19.4. The highest BCUT2D eigenvalue weighted by molar-refractivity contribution is 5.85. The number of carbonyl (C=O) groups excluding carboxylic acids is 1. The first-order valence-electron chi connectivity index (χ1n) is 12.5. The summed E-state index contributed by atoms with van der Waals surface area (Å²) < 4.78 is 100. The Balaban J connectivity index is 1.41. The van der Waals surface area contributed by atoms with Crippen LogP contribution < -0.4 is 5.32 Å². The lowest BCUT2D eigenvalue weighted by Crippen LogP contribution is -2.39. The van der Waals surface area contributed by atoms with Gasteiger partial charge in [0.05, 0.1) is 35.6 Å². The number of H-pyrrole nitrogens is 1. The Morgan fingerprint density at radius 3 is 2.30 bits per heavy atom. The van der Waals surface area contributed by atoms with Crippen molar-refractivity contribution in [2.75, 3.05) is 6.54 Å². The summed E-state index contributed by atoms with van der Waals surface area (Å²) in [6.07, 6.45) is -8.21. The second-order valence-electron chi connectivity index (χ2n) is 10.1. The van der Waals surface area contributed by atoms with Crippen LogP contribution >= 0.6 is 0 Å². The number of ether oxygens (including phenoxy) is 1. The molecule has 2 saturated heterocycles. The average Bonchev–Trinajstić information content (AvgIpc) is 3.60. The van der Waals surface area contributed by atoms with Gasteiger partial charge in [-0.1, -0.05) is 12.1 Å². The molecule has 0 saturated carbocycles. The van der Waals surface area contributed by atoms with Crippen molar-refractivity contribution in [2.24, 2.45) is 0 Å². The number of aromatic nitrogens is 2. The normalized spacial score (nSPS) is 24.0. The third kappa shape index (κ3) is 5.71. The van der Waals surface area contributed by atoms with Gasteiger partial charge in [0.1, 0.15) is 5.82 Å². The van der Waals surface area contributed by atoms with Crippen LogP contribution in [0.4, 0.5) is 30.7 Å². The summed E-state index contributed by atoms with van der Waals surface area (Å²) in [5, 5.41) is 9.76. The minimum atomic E-state index is -4.99. The van der Waals surface area contributed by atoms with E-state index in [0.717, 1.165) is 5.56 Å². The molecule has 1 amide bonds. The number of benzene rings is 2. The minimum Gasteiger partial charge on any atom is -0.368 e.